The van der Waals surface area contributed by atoms with E-state index in [9.17, 15) is 18.0 Å². The maximum Gasteiger partial charge on any atom is 0.418 e. The van der Waals surface area contributed by atoms with E-state index in [1.54, 1.807) is 36.4 Å². The van der Waals surface area contributed by atoms with Crippen LogP contribution in [0, 0.1) is 0 Å². The van der Waals surface area contributed by atoms with E-state index >= 15 is 0 Å². The number of hydrogen-bond donors (Lipinski definition) is 1. The van der Waals surface area contributed by atoms with Gasteiger partial charge >= 0.3 is 6.18 Å². The fourth-order valence-corrected chi connectivity index (χ4v) is 2.89. The number of ether oxygens (including phenoxy) is 1. The van der Waals surface area contributed by atoms with Crippen LogP contribution in [0.15, 0.2) is 66.5 Å². The maximum atomic E-state index is 13.5. The van der Waals surface area contributed by atoms with E-state index in [0.717, 1.165) is 6.07 Å². The molecule has 1 aliphatic rings. The molecule has 3 aromatic rings. The van der Waals surface area contributed by atoms with Crippen LogP contribution in [0.3, 0.4) is 0 Å². The van der Waals surface area contributed by atoms with Gasteiger partial charge in [-0.15, -0.1) is 0 Å². The van der Waals surface area contributed by atoms with Crippen molar-refractivity contribution in [2.75, 3.05) is 11.9 Å². The van der Waals surface area contributed by atoms with Gasteiger partial charge in [-0.3, -0.25) is 4.79 Å². The molecule has 1 N–H and O–H groups in total. The fraction of sp³-hybridized carbons (Fsp3) is 0.100. The van der Waals surface area contributed by atoms with Crippen LogP contribution in [0.2, 0.25) is 0 Å². The number of para-hydroxylation sites is 1. The van der Waals surface area contributed by atoms with Gasteiger partial charge < -0.3 is 10.1 Å². The number of hydrogen-bond acceptors (Lipinski definition) is 3. The summed E-state index contributed by atoms with van der Waals surface area (Å²) in [6.45, 7) is -0.0183. The summed E-state index contributed by atoms with van der Waals surface area (Å²) < 4.78 is 47.4. The van der Waals surface area contributed by atoms with Crippen molar-refractivity contribution in [2.45, 2.75) is 6.18 Å². The monoisotopic (exact) mass is 385 g/mol. The van der Waals surface area contributed by atoms with Gasteiger partial charge in [0, 0.05) is 18.0 Å². The van der Waals surface area contributed by atoms with Crippen LogP contribution in [-0.2, 0) is 11.0 Å². The van der Waals surface area contributed by atoms with Gasteiger partial charge in [-0.25, -0.2) is 4.68 Å². The minimum Gasteiger partial charge on any atom is -0.488 e. The number of fused-ring (bicyclic) bond motifs is 1. The molecule has 4 rings (SSSR count). The Labute approximate surface area is 158 Å². The quantitative estimate of drug-likeness (QED) is 0.731. The Balaban J connectivity index is 1.64. The third-order valence-corrected chi connectivity index (χ3v) is 4.25. The second-order valence-corrected chi connectivity index (χ2v) is 6.13. The van der Waals surface area contributed by atoms with Crippen molar-refractivity contribution >= 4 is 17.7 Å². The number of benzene rings is 2. The highest BCUT2D eigenvalue weighted by Crippen LogP contribution is 2.36. The zero-order valence-corrected chi connectivity index (χ0v) is 14.4. The number of aromatic nitrogens is 2. The van der Waals surface area contributed by atoms with E-state index < -0.39 is 17.6 Å². The standard InChI is InChI=1S/C20H14F3N3O2/c21-20(22,23)16-11-15(26-9-3-8-24-26)6-7-17(16)25-19(27)14-10-13-4-1-2-5-18(13)28-12-14/h1-11H,12H2,(H,25,27). The van der Waals surface area contributed by atoms with E-state index in [-0.39, 0.29) is 23.6 Å². The van der Waals surface area contributed by atoms with Gasteiger partial charge in [-0.05, 0) is 36.4 Å². The van der Waals surface area contributed by atoms with Crippen LogP contribution >= 0.6 is 0 Å². The summed E-state index contributed by atoms with van der Waals surface area (Å²) >= 11 is 0. The molecule has 8 heteroatoms. The van der Waals surface area contributed by atoms with Gasteiger partial charge in [0.1, 0.15) is 12.4 Å². The molecule has 0 bridgehead atoms. The molecule has 2 heterocycles. The number of carbonyl (C=O) groups excluding carboxylic acids is 1. The molecule has 1 aromatic heterocycles. The predicted octanol–water partition coefficient (Wildman–Crippen LogP) is 4.31. The Morgan fingerprint density at radius 3 is 2.71 bits per heavy atom. The molecule has 142 valence electrons. The van der Waals surface area contributed by atoms with Gasteiger partial charge in [-0.2, -0.15) is 18.3 Å². The number of alkyl halides is 3. The summed E-state index contributed by atoms with van der Waals surface area (Å²) in [6, 6.07) is 12.3. The van der Waals surface area contributed by atoms with E-state index in [4.69, 9.17) is 4.74 Å². The minimum atomic E-state index is -4.64. The molecular weight excluding hydrogens is 371 g/mol. The highest BCUT2D eigenvalue weighted by atomic mass is 19.4. The van der Waals surface area contributed by atoms with Crippen molar-refractivity contribution in [1.29, 1.82) is 0 Å². The molecule has 0 unspecified atom stereocenters. The van der Waals surface area contributed by atoms with E-state index in [0.29, 0.717) is 11.3 Å². The number of nitrogens with one attached hydrogen (secondary N) is 1. The smallest absolute Gasteiger partial charge is 0.418 e. The predicted molar refractivity (Wildman–Crippen MR) is 97.1 cm³/mol. The molecule has 0 atom stereocenters. The normalized spacial score (nSPS) is 13.3. The zero-order chi connectivity index (χ0) is 19.7. The zero-order valence-electron chi connectivity index (χ0n) is 14.4. The minimum absolute atomic E-state index is 0.0183. The Morgan fingerprint density at radius 1 is 1.14 bits per heavy atom. The first kappa shape index (κ1) is 17.8. The average molecular weight is 385 g/mol. The summed E-state index contributed by atoms with van der Waals surface area (Å²) in [4.78, 5) is 12.5. The summed E-state index contributed by atoms with van der Waals surface area (Å²) in [7, 11) is 0. The molecule has 0 saturated carbocycles. The molecule has 28 heavy (non-hydrogen) atoms. The SMILES string of the molecule is O=C(Nc1ccc(-n2cccn2)cc1C(F)(F)F)C1=Cc2ccccc2OC1. The first-order valence-corrected chi connectivity index (χ1v) is 8.37. The molecule has 0 aliphatic carbocycles. The van der Waals surface area contributed by atoms with Gasteiger partial charge in [0.2, 0.25) is 0 Å². The van der Waals surface area contributed by atoms with Crippen LogP contribution < -0.4 is 10.1 Å². The number of rotatable bonds is 3. The molecule has 1 amide bonds. The molecule has 1 aliphatic heterocycles. The van der Waals surface area contributed by atoms with Gasteiger partial charge in [0.25, 0.3) is 5.91 Å². The topological polar surface area (TPSA) is 56.2 Å². The van der Waals surface area contributed by atoms with Crippen LogP contribution in [0.25, 0.3) is 11.8 Å². The largest absolute Gasteiger partial charge is 0.488 e. The Morgan fingerprint density at radius 2 is 1.96 bits per heavy atom. The van der Waals surface area contributed by atoms with Crippen molar-refractivity contribution in [3.05, 3.63) is 77.6 Å². The van der Waals surface area contributed by atoms with E-state index in [1.807, 2.05) is 0 Å². The number of carbonyl (C=O) groups is 1. The Hall–Kier alpha value is -3.55. The van der Waals surface area contributed by atoms with Gasteiger partial charge in [0.05, 0.1) is 22.5 Å². The summed E-state index contributed by atoms with van der Waals surface area (Å²) in [5.74, 6) is -0.0227. The Kier molecular flexibility index (Phi) is 4.38. The third kappa shape index (κ3) is 3.48. The molecule has 0 fully saturated rings. The lowest BCUT2D eigenvalue weighted by atomic mass is 10.1. The van der Waals surface area contributed by atoms with E-state index in [2.05, 4.69) is 10.4 Å². The first-order valence-electron chi connectivity index (χ1n) is 8.37. The molecule has 0 saturated heterocycles. The maximum absolute atomic E-state index is 13.5. The lowest BCUT2D eigenvalue weighted by molar-refractivity contribution is -0.137. The van der Waals surface area contributed by atoms with Crippen LogP contribution in [-0.4, -0.2) is 22.3 Å². The van der Waals surface area contributed by atoms with Crippen LogP contribution in [0.1, 0.15) is 11.1 Å². The second kappa shape index (κ2) is 6.88. The van der Waals surface area contributed by atoms with Crippen molar-refractivity contribution in [2.24, 2.45) is 0 Å². The third-order valence-electron chi connectivity index (χ3n) is 4.25. The Bertz CT molecular complexity index is 1060. The van der Waals surface area contributed by atoms with E-state index in [1.165, 1.54) is 29.2 Å². The van der Waals surface area contributed by atoms with Crippen LogP contribution in [0.4, 0.5) is 18.9 Å². The molecule has 5 nitrogen and oxygen atoms in total. The lowest BCUT2D eigenvalue weighted by Gasteiger charge is -2.19. The van der Waals surface area contributed by atoms with Gasteiger partial charge in [0.15, 0.2) is 0 Å². The van der Waals surface area contributed by atoms with Crippen molar-refractivity contribution in [1.82, 2.24) is 9.78 Å². The number of anilines is 1. The highest BCUT2D eigenvalue weighted by molar-refractivity contribution is 6.08. The highest BCUT2D eigenvalue weighted by Gasteiger charge is 2.35. The first-order chi connectivity index (χ1) is 13.4. The molecule has 2 aromatic carbocycles. The number of halogens is 3. The second-order valence-electron chi connectivity index (χ2n) is 6.13. The van der Waals surface area contributed by atoms with Crippen LogP contribution in [0.5, 0.6) is 5.75 Å². The summed E-state index contributed by atoms with van der Waals surface area (Å²) in [5, 5.41) is 6.28. The van der Waals surface area contributed by atoms with Crippen molar-refractivity contribution < 1.29 is 22.7 Å². The average Bonchev–Trinajstić information content (AvgIpc) is 3.22. The molecular formula is C20H14F3N3O2. The lowest BCUT2D eigenvalue weighted by Crippen LogP contribution is -2.23. The summed E-state index contributed by atoms with van der Waals surface area (Å²) in [6.07, 6.45) is -0.0267. The van der Waals surface area contributed by atoms with Crippen molar-refractivity contribution in [3.63, 3.8) is 0 Å². The number of amides is 1. The molecule has 0 radical (unpaired) electrons. The fourth-order valence-electron chi connectivity index (χ4n) is 2.89. The van der Waals surface area contributed by atoms with Gasteiger partial charge in [-0.1, -0.05) is 18.2 Å². The summed E-state index contributed by atoms with van der Waals surface area (Å²) in [5.41, 5.74) is -0.101. The number of nitrogens with zero attached hydrogens (tertiary/aromatic N) is 2. The van der Waals surface area contributed by atoms with Crippen molar-refractivity contribution in [3.8, 4) is 11.4 Å². The molecule has 0 spiro atoms.